The molecular formula is C30H22Cl2N4. The Bertz CT molecular complexity index is 1520. The Kier molecular flexibility index (Phi) is 6.06. The van der Waals surface area contributed by atoms with Crippen molar-refractivity contribution in [2.45, 2.75) is 12.5 Å². The van der Waals surface area contributed by atoms with Crippen LogP contribution < -0.4 is 5.43 Å². The number of halogens is 2. The number of aromatic nitrogens is 2. The summed E-state index contributed by atoms with van der Waals surface area (Å²) in [6.45, 7) is 0. The van der Waals surface area contributed by atoms with Crippen molar-refractivity contribution in [1.29, 1.82) is 0 Å². The smallest absolute Gasteiger partial charge is 0.0981 e. The molecule has 1 atom stereocenters. The lowest BCUT2D eigenvalue weighted by molar-refractivity contribution is 0.621. The summed E-state index contributed by atoms with van der Waals surface area (Å²) in [5, 5.41) is 11.0. The lowest BCUT2D eigenvalue weighted by atomic mass is 9.96. The molecule has 0 spiro atoms. The number of nitrogens with one attached hydrogen (secondary N) is 1. The molecule has 1 N–H and O–H groups in total. The molecule has 0 radical (unpaired) electrons. The van der Waals surface area contributed by atoms with Crippen LogP contribution in [-0.4, -0.2) is 15.5 Å². The minimum atomic E-state index is 0.000489. The van der Waals surface area contributed by atoms with Crippen molar-refractivity contribution in [2.24, 2.45) is 5.10 Å². The van der Waals surface area contributed by atoms with E-state index in [1.165, 1.54) is 11.1 Å². The highest BCUT2D eigenvalue weighted by Gasteiger charge is 2.26. The summed E-state index contributed by atoms with van der Waals surface area (Å²) in [4.78, 5) is 0. The van der Waals surface area contributed by atoms with Gasteiger partial charge in [0.25, 0.3) is 0 Å². The van der Waals surface area contributed by atoms with Crippen LogP contribution in [0.4, 0.5) is 0 Å². The fraction of sp³-hybridized carbons (Fsp3) is 0.0667. The zero-order valence-corrected chi connectivity index (χ0v) is 20.8. The lowest BCUT2D eigenvalue weighted by Gasteiger charge is -2.10. The fourth-order valence-corrected chi connectivity index (χ4v) is 4.74. The van der Waals surface area contributed by atoms with Crippen LogP contribution in [0.15, 0.2) is 114 Å². The Morgan fingerprint density at radius 1 is 0.667 bits per heavy atom. The van der Waals surface area contributed by atoms with Crippen LogP contribution >= 0.6 is 23.2 Å². The Hall–Kier alpha value is -3.86. The van der Waals surface area contributed by atoms with Crippen LogP contribution in [0, 0.1) is 0 Å². The predicted molar refractivity (Wildman–Crippen MR) is 148 cm³/mol. The summed E-state index contributed by atoms with van der Waals surface area (Å²) < 4.78 is 1.89. The van der Waals surface area contributed by atoms with Crippen molar-refractivity contribution in [3.8, 4) is 28.1 Å². The predicted octanol–water partition coefficient (Wildman–Crippen LogP) is 7.95. The zero-order chi connectivity index (χ0) is 24.5. The summed E-state index contributed by atoms with van der Waals surface area (Å²) in [6, 6.07) is 34.4. The molecule has 1 aromatic heterocycles. The quantitative estimate of drug-likeness (QED) is 0.261. The van der Waals surface area contributed by atoms with E-state index >= 15 is 0 Å². The minimum absolute atomic E-state index is 0.000489. The average molecular weight is 509 g/mol. The van der Waals surface area contributed by atoms with Gasteiger partial charge in [-0.05, 0) is 53.1 Å². The second-order valence-electron chi connectivity index (χ2n) is 8.75. The van der Waals surface area contributed by atoms with Gasteiger partial charge in [-0.15, -0.1) is 0 Å². The average Bonchev–Trinajstić information content (AvgIpc) is 3.58. The van der Waals surface area contributed by atoms with E-state index in [1.807, 2.05) is 59.3 Å². The fourth-order valence-electron chi connectivity index (χ4n) is 4.49. The largest absolute Gasteiger partial charge is 0.302 e. The molecule has 0 aliphatic carbocycles. The van der Waals surface area contributed by atoms with Gasteiger partial charge in [0.05, 0.1) is 23.1 Å². The highest BCUT2D eigenvalue weighted by atomic mass is 35.5. The van der Waals surface area contributed by atoms with Gasteiger partial charge >= 0.3 is 0 Å². The minimum Gasteiger partial charge on any atom is -0.302 e. The Balaban J connectivity index is 1.30. The van der Waals surface area contributed by atoms with Crippen LogP contribution in [0.25, 0.3) is 28.1 Å². The van der Waals surface area contributed by atoms with Crippen molar-refractivity contribution in [3.05, 3.63) is 130 Å². The van der Waals surface area contributed by atoms with E-state index in [9.17, 15) is 0 Å². The van der Waals surface area contributed by atoms with E-state index in [1.54, 1.807) is 0 Å². The maximum Gasteiger partial charge on any atom is 0.0981 e. The molecule has 0 saturated carbocycles. The van der Waals surface area contributed by atoms with Gasteiger partial charge in [-0.1, -0.05) is 89.9 Å². The van der Waals surface area contributed by atoms with Crippen molar-refractivity contribution in [3.63, 3.8) is 0 Å². The summed E-state index contributed by atoms with van der Waals surface area (Å²) in [5.41, 5.74) is 11.8. The molecule has 2 heterocycles. The number of hydrazone groups is 1. The number of rotatable bonds is 5. The highest BCUT2D eigenvalue weighted by Crippen LogP contribution is 2.34. The molecular weight excluding hydrogens is 487 g/mol. The standard InChI is InChI=1S/C30H22Cl2N4/c31-24-12-10-23(11-13-24)30-27(19-36(35-30)26-16-14-25(32)15-17-26)29-18-28(33-34-29)22-8-6-21(7-9-22)20-4-2-1-3-5-20/h1-17,19,29,34H,18H2. The summed E-state index contributed by atoms with van der Waals surface area (Å²) in [6.07, 6.45) is 2.83. The number of nitrogens with zero attached hydrogens (tertiary/aromatic N) is 3. The Labute approximate surface area is 219 Å². The molecule has 0 amide bonds. The van der Waals surface area contributed by atoms with E-state index in [4.69, 9.17) is 33.4 Å². The molecule has 176 valence electrons. The van der Waals surface area contributed by atoms with E-state index in [0.29, 0.717) is 10.0 Å². The molecule has 0 saturated heterocycles. The molecule has 1 unspecified atom stereocenters. The third-order valence-corrected chi connectivity index (χ3v) is 6.91. The third-order valence-electron chi connectivity index (χ3n) is 6.40. The van der Waals surface area contributed by atoms with Gasteiger partial charge in [-0.2, -0.15) is 10.2 Å². The Morgan fingerprint density at radius 3 is 1.94 bits per heavy atom. The van der Waals surface area contributed by atoms with Gasteiger partial charge < -0.3 is 5.43 Å². The monoisotopic (exact) mass is 508 g/mol. The molecule has 1 aliphatic heterocycles. The molecule has 6 rings (SSSR count). The van der Waals surface area contributed by atoms with Gasteiger partial charge in [0.1, 0.15) is 0 Å². The maximum atomic E-state index is 6.15. The molecule has 36 heavy (non-hydrogen) atoms. The summed E-state index contributed by atoms with van der Waals surface area (Å²) >= 11 is 12.3. The first-order chi connectivity index (χ1) is 17.6. The van der Waals surface area contributed by atoms with E-state index in [0.717, 1.165) is 40.2 Å². The van der Waals surface area contributed by atoms with Gasteiger partial charge in [-0.3, -0.25) is 0 Å². The number of benzene rings is 4. The first-order valence-corrected chi connectivity index (χ1v) is 12.5. The lowest BCUT2D eigenvalue weighted by Crippen LogP contribution is -2.10. The first-order valence-electron chi connectivity index (χ1n) is 11.7. The highest BCUT2D eigenvalue weighted by molar-refractivity contribution is 6.30. The molecule has 1 aliphatic rings. The van der Waals surface area contributed by atoms with Crippen molar-refractivity contribution in [2.75, 3.05) is 0 Å². The molecule has 5 aromatic rings. The SMILES string of the molecule is Clc1ccc(-c2nn(-c3ccc(Cl)cc3)cc2C2CC(c3ccc(-c4ccccc4)cc3)=NN2)cc1. The molecule has 4 nitrogen and oxygen atoms in total. The van der Waals surface area contributed by atoms with Crippen molar-refractivity contribution >= 4 is 28.9 Å². The van der Waals surface area contributed by atoms with Crippen LogP contribution in [0.3, 0.4) is 0 Å². The normalized spacial score (nSPS) is 14.9. The van der Waals surface area contributed by atoms with Crippen LogP contribution in [0.1, 0.15) is 23.6 Å². The van der Waals surface area contributed by atoms with Crippen LogP contribution in [0.5, 0.6) is 0 Å². The number of hydrogen-bond acceptors (Lipinski definition) is 3. The summed E-state index contributed by atoms with van der Waals surface area (Å²) in [5.74, 6) is 0. The molecule has 4 aromatic carbocycles. The van der Waals surface area contributed by atoms with Crippen LogP contribution in [-0.2, 0) is 0 Å². The van der Waals surface area contributed by atoms with Crippen molar-refractivity contribution < 1.29 is 0 Å². The number of hydrogen-bond donors (Lipinski definition) is 1. The van der Waals surface area contributed by atoms with Gasteiger partial charge in [0, 0.05) is 33.8 Å². The topological polar surface area (TPSA) is 42.2 Å². The third kappa shape index (κ3) is 4.53. The molecule has 6 heteroatoms. The second-order valence-corrected chi connectivity index (χ2v) is 9.62. The van der Waals surface area contributed by atoms with E-state index < -0.39 is 0 Å². The van der Waals surface area contributed by atoms with Crippen LogP contribution in [0.2, 0.25) is 10.0 Å². The first kappa shape index (κ1) is 22.6. The van der Waals surface area contributed by atoms with Gasteiger partial charge in [0.2, 0.25) is 0 Å². The van der Waals surface area contributed by atoms with Gasteiger partial charge in [0.15, 0.2) is 0 Å². The van der Waals surface area contributed by atoms with Crippen molar-refractivity contribution in [1.82, 2.24) is 15.2 Å². The Morgan fingerprint density at radius 2 is 1.25 bits per heavy atom. The molecule has 0 bridgehead atoms. The van der Waals surface area contributed by atoms with E-state index in [2.05, 4.69) is 60.2 Å². The summed E-state index contributed by atoms with van der Waals surface area (Å²) in [7, 11) is 0. The maximum absolute atomic E-state index is 6.15. The van der Waals surface area contributed by atoms with Gasteiger partial charge in [-0.25, -0.2) is 4.68 Å². The second kappa shape index (κ2) is 9.65. The molecule has 0 fully saturated rings. The van der Waals surface area contributed by atoms with E-state index in [-0.39, 0.29) is 6.04 Å². The zero-order valence-electron chi connectivity index (χ0n) is 19.3.